The van der Waals surface area contributed by atoms with Crippen molar-refractivity contribution in [3.8, 4) is 0 Å². The SMILES string of the molecule is CCCCO/C(Cl)=C(/C)P(=O)(Cl)Cl. The Morgan fingerprint density at radius 3 is 2.38 bits per heavy atom. The molecule has 0 fully saturated rings. The van der Waals surface area contributed by atoms with E-state index in [0.717, 1.165) is 12.8 Å². The Morgan fingerprint density at radius 1 is 1.46 bits per heavy atom. The van der Waals surface area contributed by atoms with E-state index in [9.17, 15) is 4.57 Å². The fourth-order valence-corrected chi connectivity index (χ4v) is 1.94. The lowest BCUT2D eigenvalue weighted by Crippen LogP contribution is -1.91. The minimum atomic E-state index is -3.29. The summed E-state index contributed by atoms with van der Waals surface area (Å²) < 4.78 is 16.2. The van der Waals surface area contributed by atoms with Gasteiger partial charge in [0.25, 0.3) is 5.85 Å². The van der Waals surface area contributed by atoms with Crippen LogP contribution in [0.4, 0.5) is 0 Å². The molecule has 0 N–H and O–H groups in total. The summed E-state index contributed by atoms with van der Waals surface area (Å²) in [7, 11) is 0. The van der Waals surface area contributed by atoms with Gasteiger partial charge in [-0.25, -0.2) is 0 Å². The van der Waals surface area contributed by atoms with E-state index >= 15 is 0 Å². The Balaban J connectivity index is 4.21. The van der Waals surface area contributed by atoms with Crippen molar-refractivity contribution in [1.29, 1.82) is 0 Å². The molecular formula is C7H12Cl3O2P. The molecule has 0 saturated heterocycles. The Labute approximate surface area is 93.1 Å². The second-order valence-electron chi connectivity index (χ2n) is 2.52. The third-order valence-electron chi connectivity index (χ3n) is 1.40. The van der Waals surface area contributed by atoms with Gasteiger partial charge in [-0.1, -0.05) is 13.3 Å². The molecule has 0 aromatic heterocycles. The van der Waals surface area contributed by atoms with Gasteiger partial charge in [-0.2, -0.15) is 0 Å². The molecule has 6 heteroatoms. The van der Waals surface area contributed by atoms with Crippen molar-refractivity contribution >= 4 is 39.9 Å². The largest absolute Gasteiger partial charge is 0.483 e. The number of hydrogen-bond donors (Lipinski definition) is 0. The summed E-state index contributed by atoms with van der Waals surface area (Å²) in [5, 5.41) is 0.246. The van der Waals surface area contributed by atoms with Gasteiger partial charge < -0.3 is 4.74 Å². The summed E-state index contributed by atoms with van der Waals surface area (Å²) >= 11 is 16.4. The highest BCUT2D eigenvalue weighted by Gasteiger charge is 2.21. The monoisotopic (exact) mass is 264 g/mol. The molecule has 2 nitrogen and oxygen atoms in total. The van der Waals surface area contributed by atoms with Crippen LogP contribution in [0.5, 0.6) is 0 Å². The molecule has 0 aliphatic carbocycles. The highest BCUT2D eigenvalue weighted by molar-refractivity contribution is 8.11. The average molecular weight is 266 g/mol. The lowest BCUT2D eigenvalue weighted by molar-refractivity contribution is 0.229. The van der Waals surface area contributed by atoms with Crippen LogP contribution in [0.25, 0.3) is 0 Å². The van der Waals surface area contributed by atoms with Gasteiger partial charge in [-0.15, -0.1) is 0 Å². The molecule has 0 saturated carbocycles. The topological polar surface area (TPSA) is 26.3 Å². The van der Waals surface area contributed by atoms with Gasteiger partial charge in [0.1, 0.15) is 0 Å². The zero-order valence-electron chi connectivity index (χ0n) is 7.52. The molecule has 0 spiro atoms. The van der Waals surface area contributed by atoms with E-state index in [2.05, 4.69) is 0 Å². The maximum Gasteiger partial charge on any atom is 0.282 e. The van der Waals surface area contributed by atoms with Crippen LogP contribution in [0.2, 0.25) is 0 Å². The highest BCUT2D eigenvalue weighted by Crippen LogP contribution is 2.64. The normalized spacial score (nSPS) is 13.9. The van der Waals surface area contributed by atoms with Crippen LogP contribution < -0.4 is 0 Å². The van der Waals surface area contributed by atoms with E-state index in [-0.39, 0.29) is 10.5 Å². The number of allylic oxidation sites excluding steroid dienone is 1. The standard InChI is InChI=1S/C7H12Cl3O2P/c1-3-4-5-12-7(8)6(2)13(9,10)11/h3-5H2,1-2H3/b7-6-. The van der Waals surface area contributed by atoms with Gasteiger partial charge in [0, 0.05) is 0 Å². The fraction of sp³-hybridized carbons (Fsp3) is 0.714. The summed E-state index contributed by atoms with van der Waals surface area (Å²) in [5.41, 5.74) is 0. The molecule has 0 radical (unpaired) electrons. The number of hydrogen-bond acceptors (Lipinski definition) is 2. The van der Waals surface area contributed by atoms with Crippen molar-refractivity contribution in [2.45, 2.75) is 26.7 Å². The van der Waals surface area contributed by atoms with Crippen LogP contribution in [-0.4, -0.2) is 6.61 Å². The number of unbranched alkanes of at least 4 members (excludes halogenated alkanes) is 1. The predicted molar refractivity (Wildman–Crippen MR) is 58.7 cm³/mol. The Kier molecular flexibility index (Phi) is 6.49. The summed E-state index contributed by atoms with van der Waals surface area (Å²) in [5.74, 6) is -3.29. The third kappa shape index (κ3) is 5.85. The van der Waals surface area contributed by atoms with Gasteiger partial charge in [0.05, 0.1) is 11.9 Å². The van der Waals surface area contributed by atoms with Crippen LogP contribution in [-0.2, 0) is 9.30 Å². The lowest BCUT2D eigenvalue weighted by Gasteiger charge is -2.07. The van der Waals surface area contributed by atoms with E-state index in [1.807, 2.05) is 6.92 Å². The van der Waals surface area contributed by atoms with Gasteiger partial charge in [0.2, 0.25) is 0 Å². The smallest absolute Gasteiger partial charge is 0.282 e. The van der Waals surface area contributed by atoms with Gasteiger partial charge in [0.15, 0.2) is 5.22 Å². The molecule has 0 atom stereocenters. The van der Waals surface area contributed by atoms with E-state index in [0.29, 0.717) is 6.61 Å². The average Bonchev–Trinajstić information content (AvgIpc) is 2.01. The molecule has 0 heterocycles. The third-order valence-corrected chi connectivity index (χ3v) is 4.43. The molecule has 0 aliphatic heterocycles. The summed E-state index contributed by atoms with van der Waals surface area (Å²) in [6, 6.07) is 0. The van der Waals surface area contributed by atoms with Crippen LogP contribution in [0, 0.1) is 0 Å². The van der Waals surface area contributed by atoms with Gasteiger partial charge >= 0.3 is 0 Å². The Bertz CT molecular complexity index is 234. The first-order chi connectivity index (χ1) is 5.89. The van der Waals surface area contributed by atoms with Crippen LogP contribution >= 0.6 is 39.9 Å². The highest BCUT2D eigenvalue weighted by atomic mass is 35.9. The molecule has 0 rings (SSSR count). The molecule has 0 amide bonds. The number of rotatable bonds is 5. The zero-order valence-corrected chi connectivity index (χ0v) is 10.7. The van der Waals surface area contributed by atoms with Crippen molar-refractivity contribution in [2.24, 2.45) is 0 Å². The molecule has 78 valence electrons. The minimum Gasteiger partial charge on any atom is -0.483 e. The van der Waals surface area contributed by atoms with E-state index in [1.54, 1.807) is 0 Å². The quantitative estimate of drug-likeness (QED) is 0.401. The first-order valence-corrected chi connectivity index (χ1v) is 7.78. The molecule has 0 bridgehead atoms. The Hall–Kier alpha value is 0.640. The maximum atomic E-state index is 11.1. The summed E-state index contributed by atoms with van der Waals surface area (Å²) in [4.78, 5) is 0. The lowest BCUT2D eigenvalue weighted by atomic mass is 10.4. The maximum absolute atomic E-state index is 11.1. The molecule has 0 aromatic carbocycles. The van der Waals surface area contributed by atoms with Crippen molar-refractivity contribution in [3.63, 3.8) is 0 Å². The van der Waals surface area contributed by atoms with Crippen LogP contribution in [0.3, 0.4) is 0 Å². The molecule has 0 unspecified atom stereocenters. The zero-order chi connectivity index (χ0) is 10.5. The first kappa shape index (κ1) is 13.6. The molecule has 0 aromatic rings. The number of halogens is 3. The Morgan fingerprint density at radius 2 is 2.00 bits per heavy atom. The minimum absolute atomic E-state index is 0.0433. The van der Waals surface area contributed by atoms with Crippen LogP contribution in [0.1, 0.15) is 26.7 Å². The second kappa shape index (κ2) is 6.19. The van der Waals surface area contributed by atoms with Crippen molar-refractivity contribution in [2.75, 3.05) is 6.61 Å². The molecular weight excluding hydrogens is 253 g/mol. The van der Waals surface area contributed by atoms with Crippen molar-refractivity contribution < 1.29 is 9.30 Å². The molecule has 0 aliphatic rings. The summed E-state index contributed by atoms with van der Waals surface area (Å²) in [6.45, 7) is 4.01. The number of ether oxygens (including phenoxy) is 1. The van der Waals surface area contributed by atoms with Crippen molar-refractivity contribution in [3.05, 3.63) is 10.5 Å². The fourth-order valence-electron chi connectivity index (χ4n) is 0.513. The van der Waals surface area contributed by atoms with Crippen LogP contribution in [0.15, 0.2) is 10.5 Å². The first-order valence-electron chi connectivity index (χ1n) is 3.88. The summed E-state index contributed by atoms with van der Waals surface area (Å²) in [6.07, 6.45) is 1.89. The van der Waals surface area contributed by atoms with E-state index < -0.39 is 5.85 Å². The van der Waals surface area contributed by atoms with E-state index in [4.69, 9.17) is 38.8 Å². The van der Waals surface area contributed by atoms with E-state index in [1.165, 1.54) is 6.92 Å². The second-order valence-corrected chi connectivity index (χ2v) is 7.84. The molecule has 13 heavy (non-hydrogen) atoms. The van der Waals surface area contributed by atoms with Gasteiger partial charge in [-0.05, 0) is 47.4 Å². The predicted octanol–water partition coefficient (Wildman–Crippen LogP) is 4.90. The van der Waals surface area contributed by atoms with Gasteiger partial charge in [-0.3, -0.25) is 4.57 Å². The van der Waals surface area contributed by atoms with Crippen molar-refractivity contribution in [1.82, 2.24) is 0 Å².